The van der Waals surface area contributed by atoms with Crippen LogP contribution in [-0.2, 0) is 13.0 Å². The molecule has 0 fully saturated rings. The van der Waals surface area contributed by atoms with Gasteiger partial charge in [-0.1, -0.05) is 6.07 Å². The van der Waals surface area contributed by atoms with Crippen molar-refractivity contribution in [3.63, 3.8) is 0 Å². The van der Waals surface area contributed by atoms with E-state index in [0.717, 1.165) is 11.8 Å². The topological polar surface area (TPSA) is 86.5 Å². The average molecular weight is 385 g/mol. The third kappa shape index (κ3) is 6.41. The van der Waals surface area contributed by atoms with Crippen LogP contribution < -0.4 is 14.8 Å². The molecule has 0 unspecified atom stereocenters. The first-order valence-corrected chi connectivity index (χ1v) is 7.95. The Morgan fingerprint density at radius 2 is 2.04 bits per heavy atom. The number of hydrogen-bond donors (Lipinski definition) is 1. The van der Waals surface area contributed by atoms with E-state index in [9.17, 15) is 23.3 Å². The summed E-state index contributed by atoms with van der Waals surface area (Å²) in [7, 11) is 1.25. The Labute approximate surface area is 153 Å². The van der Waals surface area contributed by atoms with E-state index in [1.54, 1.807) is 12.3 Å². The summed E-state index contributed by atoms with van der Waals surface area (Å²) in [5.74, 6) is -0.342. The zero-order chi connectivity index (χ0) is 19.9. The minimum Gasteiger partial charge on any atom is -0.493 e. The second-order valence-corrected chi connectivity index (χ2v) is 5.54. The van der Waals surface area contributed by atoms with Crippen molar-refractivity contribution in [3.05, 3.63) is 57.9 Å². The second kappa shape index (κ2) is 9.17. The van der Waals surface area contributed by atoms with Gasteiger partial charge in [0.05, 0.1) is 18.1 Å². The van der Waals surface area contributed by atoms with Crippen LogP contribution in [0.25, 0.3) is 0 Å². The number of hydrogen-bond acceptors (Lipinski definition) is 6. The maximum atomic E-state index is 12.3. The molecule has 27 heavy (non-hydrogen) atoms. The third-order valence-electron chi connectivity index (χ3n) is 3.55. The van der Waals surface area contributed by atoms with Gasteiger partial charge < -0.3 is 14.8 Å². The van der Waals surface area contributed by atoms with Crippen molar-refractivity contribution in [2.24, 2.45) is 0 Å². The van der Waals surface area contributed by atoms with E-state index in [2.05, 4.69) is 15.0 Å². The molecule has 1 heterocycles. The SMILES string of the molecule is COc1cc(CNCCc2ccccn2)c([N+](=O)[O-])cc1OCC(F)(F)F. The molecule has 0 spiro atoms. The van der Waals surface area contributed by atoms with Gasteiger partial charge in [-0.3, -0.25) is 15.1 Å². The molecule has 0 bridgehead atoms. The Balaban J connectivity index is 2.08. The van der Waals surface area contributed by atoms with Gasteiger partial charge in [-0.2, -0.15) is 13.2 Å². The first-order chi connectivity index (χ1) is 12.8. The molecule has 1 aromatic heterocycles. The summed E-state index contributed by atoms with van der Waals surface area (Å²) in [6.45, 7) is -0.913. The minimum absolute atomic E-state index is 0.00799. The van der Waals surface area contributed by atoms with Gasteiger partial charge in [0.15, 0.2) is 18.1 Å². The number of methoxy groups -OCH3 is 1. The fourth-order valence-corrected chi connectivity index (χ4v) is 2.32. The monoisotopic (exact) mass is 385 g/mol. The van der Waals surface area contributed by atoms with Crippen molar-refractivity contribution in [2.75, 3.05) is 20.3 Å². The largest absolute Gasteiger partial charge is 0.493 e. The molecule has 0 saturated heterocycles. The lowest BCUT2D eigenvalue weighted by Gasteiger charge is -2.14. The van der Waals surface area contributed by atoms with Crippen LogP contribution in [-0.4, -0.2) is 36.3 Å². The zero-order valence-electron chi connectivity index (χ0n) is 14.5. The van der Waals surface area contributed by atoms with Crippen LogP contribution in [0.1, 0.15) is 11.3 Å². The van der Waals surface area contributed by atoms with Gasteiger partial charge in [-0.25, -0.2) is 0 Å². The van der Waals surface area contributed by atoms with E-state index >= 15 is 0 Å². The van der Waals surface area contributed by atoms with Gasteiger partial charge in [0.1, 0.15) is 0 Å². The van der Waals surface area contributed by atoms with Crippen LogP contribution in [0.5, 0.6) is 11.5 Å². The first kappa shape index (κ1) is 20.4. The van der Waals surface area contributed by atoms with E-state index in [-0.39, 0.29) is 29.3 Å². The highest BCUT2D eigenvalue weighted by Gasteiger charge is 2.30. The highest BCUT2D eigenvalue weighted by molar-refractivity contribution is 5.54. The number of halogens is 3. The molecule has 1 N–H and O–H groups in total. The predicted molar refractivity (Wildman–Crippen MR) is 90.8 cm³/mol. The second-order valence-electron chi connectivity index (χ2n) is 5.54. The molecule has 0 atom stereocenters. The number of alkyl halides is 3. The summed E-state index contributed by atoms with van der Waals surface area (Å²) in [5, 5.41) is 14.3. The van der Waals surface area contributed by atoms with Gasteiger partial charge in [-0.05, 0) is 18.2 Å². The number of nitrogens with one attached hydrogen (secondary N) is 1. The van der Waals surface area contributed by atoms with Crippen molar-refractivity contribution in [1.82, 2.24) is 10.3 Å². The third-order valence-corrected chi connectivity index (χ3v) is 3.55. The molecular weight excluding hydrogens is 367 g/mol. The molecule has 2 aromatic rings. The van der Waals surface area contributed by atoms with E-state index in [4.69, 9.17) is 4.74 Å². The lowest BCUT2D eigenvalue weighted by molar-refractivity contribution is -0.385. The van der Waals surface area contributed by atoms with Crippen molar-refractivity contribution < 1.29 is 27.6 Å². The quantitative estimate of drug-likeness (QED) is 0.405. The van der Waals surface area contributed by atoms with Crippen LogP contribution in [0.3, 0.4) is 0 Å². The lowest BCUT2D eigenvalue weighted by Crippen LogP contribution is -2.20. The van der Waals surface area contributed by atoms with Crippen LogP contribution in [0.2, 0.25) is 0 Å². The smallest absolute Gasteiger partial charge is 0.422 e. The molecule has 2 rings (SSSR count). The van der Waals surface area contributed by atoms with Crippen molar-refractivity contribution in [3.8, 4) is 11.5 Å². The molecule has 0 saturated carbocycles. The number of nitrogens with zero attached hydrogens (tertiary/aromatic N) is 2. The summed E-state index contributed by atoms with van der Waals surface area (Å²) < 4.78 is 46.7. The lowest BCUT2D eigenvalue weighted by atomic mass is 10.1. The molecule has 10 heteroatoms. The van der Waals surface area contributed by atoms with Gasteiger partial charge >= 0.3 is 6.18 Å². The van der Waals surface area contributed by atoms with Gasteiger partial charge in [0, 0.05) is 37.0 Å². The number of pyridine rings is 1. The Morgan fingerprint density at radius 1 is 1.26 bits per heavy atom. The van der Waals surface area contributed by atoms with E-state index < -0.39 is 17.7 Å². The number of ether oxygens (including phenoxy) is 2. The Morgan fingerprint density at radius 3 is 2.63 bits per heavy atom. The molecule has 7 nitrogen and oxygen atoms in total. The number of nitro groups is 1. The maximum Gasteiger partial charge on any atom is 0.422 e. The van der Waals surface area contributed by atoms with E-state index in [1.165, 1.54) is 13.2 Å². The molecule has 0 amide bonds. The Kier molecular flexibility index (Phi) is 6.94. The van der Waals surface area contributed by atoms with Gasteiger partial charge in [0.2, 0.25) is 0 Å². The standard InChI is InChI=1S/C17H18F3N3O4/c1-26-15-8-12(10-21-7-5-13-4-2-3-6-22-13)14(23(24)25)9-16(15)27-11-17(18,19)20/h2-4,6,8-9,21H,5,7,10-11H2,1H3. The Hall–Kier alpha value is -2.88. The number of nitro benzene ring substituents is 1. The molecule has 0 aliphatic carbocycles. The summed E-state index contributed by atoms with van der Waals surface area (Å²) >= 11 is 0. The summed E-state index contributed by atoms with van der Waals surface area (Å²) in [6, 6.07) is 7.77. The number of aromatic nitrogens is 1. The summed E-state index contributed by atoms with van der Waals surface area (Å²) in [5.41, 5.74) is 0.795. The van der Waals surface area contributed by atoms with Crippen molar-refractivity contribution in [1.29, 1.82) is 0 Å². The first-order valence-electron chi connectivity index (χ1n) is 7.95. The van der Waals surface area contributed by atoms with Crippen LogP contribution in [0.15, 0.2) is 36.5 Å². The van der Waals surface area contributed by atoms with Crippen molar-refractivity contribution in [2.45, 2.75) is 19.1 Å². The fraction of sp³-hybridized carbons (Fsp3) is 0.353. The van der Waals surface area contributed by atoms with Gasteiger partial charge in [-0.15, -0.1) is 0 Å². The normalized spacial score (nSPS) is 11.3. The maximum absolute atomic E-state index is 12.3. The molecule has 0 radical (unpaired) electrons. The molecular formula is C17H18F3N3O4. The fourth-order valence-electron chi connectivity index (χ4n) is 2.32. The van der Waals surface area contributed by atoms with E-state index in [0.29, 0.717) is 13.0 Å². The summed E-state index contributed by atoms with van der Waals surface area (Å²) in [4.78, 5) is 14.8. The highest BCUT2D eigenvalue weighted by atomic mass is 19.4. The zero-order valence-corrected chi connectivity index (χ0v) is 14.5. The molecule has 1 aromatic carbocycles. The predicted octanol–water partition coefficient (Wildman–Crippen LogP) is 3.27. The molecule has 146 valence electrons. The van der Waals surface area contributed by atoms with Crippen LogP contribution in [0.4, 0.5) is 18.9 Å². The number of rotatable bonds is 9. The van der Waals surface area contributed by atoms with Crippen LogP contribution in [0, 0.1) is 10.1 Å². The Bertz CT molecular complexity index is 770. The van der Waals surface area contributed by atoms with E-state index in [1.807, 2.05) is 12.1 Å². The highest BCUT2D eigenvalue weighted by Crippen LogP contribution is 2.35. The molecule has 0 aliphatic rings. The minimum atomic E-state index is -4.56. The van der Waals surface area contributed by atoms with Gasteiger partial charge in [0.25, 0.3) is 5.69 Å². The van der Waals surface area contributed by atoms with Crippen molar-refractivity contribution >= 4 is 5.69 Å². The average Bonchev–Trinajstić information content (AvgIpc) is 2.63. The van der Waals surface area contributed by atoms with Crippen LogP contribution >= 0.6 is 0 Å². The molecule has 0 aliphatic heterocycles. The summed E-state index contributed by atoms with van der Waals surface area (Å²) in [6.07, 6.45) is -2.27. The number of benzene rings is 1.